The summed E-state index contributed by atoms with van der Waals surface area (Å²) < 4.78 is 0. The van der Waals surface area contributed by atoms with E-state index in [9.17, 15) is 0 Å². The van der Waals surface area contributed by atoms with Crippen LogP contribution in [0.15, 0.2) is 0 Å². The molecule has 0 saturated heterocycles. The van der Waals surface area contributed by atoms with Crippen molar-refractivity contribution >= 4 is 11.8 Å². The average Bonchev–Trinajstić information content (AvgIpc) is 2.44. The summed E-state index contributed by atoms with van der Waals surface area (Å²) in [7, 11) is 0. The van der Waals surface area contributed by atoms with E-state index in [1.165, 1.54) is 12.8 Å². The van der Waals surface area contributed by atoms with Gasteiger partial charge in [-0.15, -0.1) is 0 Å². The summed E-state index contributed by atoms with van der Waals surface area (Å²) in [5, 5.41) is 9.61. The molecule has 13 heavy (non-hydrogen) atoms. The van der Waals surface area contributed by atoms with E-state index in [2.05, 4.69) is 13.8 Å². The Labute approximate surface area is 85.3 Å². The van der Waals surface area contributed by atoms with E-state index >= 15 is 0 Å². The van der Waals surface area contributed by atoms with Crippen LogP contribution in [0.1, 0.15) is 26.7 Å². The molecule has 0 aromatic carbocycles. The Kier molecular flexibility index (Phi) is 4.56. The molecule has 1 aliphatic rings. The van der Waals surface area contributed by atoms with Crippen LogP contribution in [0.4, 0.5) is 0 Å². The van der Waals surface area contributed by atoms with Crippen molar-refractivity contribution in [1.82, 2.24) is 0 Å². The van der Waals surface area contributed by atoms with E-state index in [-0.39, 0.29) is 0 Å². The Balaban J connectivity index is 2.22. The van der Waals surface area contributed by atoms with Crippen molar-refractivity contribution in [2.24, 2.45) is 17.6 Å². The summed E-state index contributed by atoms with van der Waals surface area (Å²) in [6.07, 6.45) is 2.43. The molecule has 0 aromatic rings. The van der Waals surface area contributed by atoms with Gasteiger partial charge in [0, 0.05) is 17.9 Å². The third kappa shape index (κ3) is 3.15. The van der Waals surface area contributed by atoms with E-state index in [4.69, 9.17) is 10.8 Å². The maximum atomic E-state index is 8.89. The van der Waals surface area contributed by atoms with Crippen LogP contribution in [0.5, 0.6) is 0 Å². The maximum absolute atomic E-state index is 8.89. The monoisotopic (exact) mass is 203 g/mol. The van der Waals surface area contributed by atoms with Crippen molar-refractivity contribution < 1.29 is 5.11 Å². The molecule has 3 N–H and O–H groups in total. The van der Waals surface area contributed by atoms with E-state index in [1.807, 2.05) is 11.8 Å². The highest BCUT2D eigenvalue weighted by molar-refractivity contribution is 7.99. The third-order valence-electron chi connectivity index (χ3n) is 2.95. The standard InChI is InChI=1S/C10H21NOS/c1-7(5-12)6-13-10-4-3-9(11)8(10)2/h7-10,12H,3-6,11H2,1-2H3. The molecule has 0 bridgehead atoms. The number of hydrogen-bond donors (Lipinski definition) is 2. The molecule has 1 aliphatic carbocycles. The highest BCUT2D eigenvalue weighted by Crippen LogP contribution is 2.34. The minimum Gasteiger partial charge on any atom is -0.396 e. The van der Waals surface area contributed by atoms with Crippen LogP contribution in [0, 0.1) is 11.8 Å². The third-order valence-corrected chi connectivity index (χ3v) is 4.81. The predicted molar refractivity (Wildman–Crippen MR) is 58.9 cm³/mol. The molecule has 78 valence electrons. The SMILES string of the molecule is CC(CO)CSC1CCC(N)C1C. The first-order chi connectivity index (χ1) is 6.15. The molecule has 1 rings (SSSR count). The van der Waals surface area contributed by atoms with Crippen molar-refractivity contribution in [3.8, 4) is 0 Å². The fourth-order valence-corrected chi connectivity index (χ4v) is 3.22. The molecule has 2 nitrogen and oxygen atoms in total. The van der Waals surface area contributed by atoms with Gasteiger partial charge in [0.25, 0.3) is 0 Å². The quantitative estimate of drug-likeness (QED) is 0.727. The van der Waals surface area contributed by atoms with Gasteiger partial charge in [-0.1, -0.05) is 13.8 Å². The van der Waals surface area contributed by atoms with E-state index < -0.39 is 0 Å². The summed E-state index contributed by atoms with van der Waals surface area (Å²) in [5.41, 5.74) is 5.94. The summed E-state index contributed by atoms with van der Waals surface area (Å²) >= 11 is 1.99. The Morgan fingerprint density at radius 3 is 2.69 bits per heavy atom. The van der Waals surface area contributed by atoms with Crippen LogP contribution >= 0.6 is 11.8 Å². The van der Waals surface area contributed by atoms with Gasteiger partial charge in [-0.3, -0.25) is 0 Å². The highest BCUT2D eigenvalue weighted by Gasteiger charge is 2.30. The van der Waals surface area contributed by atoms with E-state index in [1.54, 1.807) is 0 Å². The number of aliphatic hydroxyl groups excluding tert-OH is 1. The Morgan fingerprint density at radius 2 is 2.23 bits per heavy atom. The van der Waals surface area contributed by atoms with Gasteiger partial charge in [0.15, 0.2) is 0 Å². The fraction of sp³-hybridized carbons (Fsp3) is 1.00. The first-order valence-corrected chi connectivity index (χ1v) is 6.18. The number of aliphatic hydroxyl groups is 1. The van der Waals surface area contributed by atoms with Crippen molar-refractivity contribution in [1.29, 1.82) is 0 Å². The van der Waals surface area contributed by atoms with Crippen LogP contribution < -0.4 is 5.73 Å². The zero-order valence-corrected chi connectivity index (χ0v) is 9.39. The highest BCUT2D eigenvalue weighted by atomic mass is 32.2. The largest absolute Gasteiger partial charge is 0.396 e. The maximum Gasteiger partial charge on any atom is 0.0464 e. The summed E-state index contributed by atoms with van der Waals surface area (Å²) in [4.78, 5) is 0. The molecule has 0 aliphatic heterocycles. The Bertz CT molecular complexity index is 154. The van der Waals surface area contributed by atoms with Crippen LogP contribution in [-0.4, -0.2) is 28.8 Å². The van der Waals surface area contributed by atoms with Gasteiger partial charge < -0.3 is 10.8 Å². The minimum atomic E-state index is 0.306. The van der Waals surface area contributed by atoms with Crippen LogP contribution in [-0.2, 0) is 0 Å². The second kappa shape index (κ2) is 5.23. The van der Waals surface area contributed by atoms with Crippen LogP contribution in [0.25, 0.3) is 0 Å². The normalized spacial score (nSPS) is 36.5. The van der Waals surface area contributed by atoms with Crippen molar-refractivity contribution in [3.63, 3.8) is 0 Å². The van der Waals surface area contributed by atoms with E-state index in [0.717, 1.165) is 11.0 Å². The number of hydrogen-bond acceptors (Lipinski definition) is 3. The van der Waals surface area contributed by atoms with Gasteiger partial charge in [0.05, 0.1) is 0 Å². The molecule has 0 spiro atoms. The number of nitrogens with two attached hydrogens (primary N) is 1. The van der Waals surface area contributed by atoms with Gasteiger partial charge in [-0.05, 0) is 30.4 Å². The second-order valence-electron chi connectivity index (χ2n) is 4.26. The van der Waals surface area contributed by atoms with Gasteiger partial charge in [0.2, 0.25) is 0 Å². The molecule has 1 saturated carbocycles. The van der Waals surface area contributed by atoms with Gasteiger partial charge in [-0.2, -0.15) is 11.8 Å². The number of thioether (sulfide) groups is 1. The molecule has 0 aromatic heterocycles. The lowest BCUT2D eigenvalue weighted by atomic mass is 10.1. The van der Waals surface area contributed by atoms with Crippen molar-refractivity contribution in [2.45, 2.75) is 38.0 Å². The first-order valence-electron chi connectivity index (χ1n) is 5.13. The van der Waals surface area contributed by atoms with Crippen molar-refractivity contribution in [3.05, 3.63) is 0 Å². The molecule has 3 heteroatoms. The number of rotatable bonds is 4. The predicted octanol–water partition coefficient (Wildman–Crippen LogP) is 1.47. The average molecular weight is 203 g/mol. The zero-order valence-electron chi connectivity index (χ0n) is 8.57. The smallest absolute Gasteiger partial charge is 0.0464 e. The van der Waals surface area contributed by atoms with Crippen LogP contribution in [0.2, 0.25) is 0 Å². The summed E-state index contributed by atoms with van der Waals surface area (Å²) in [6.45, 7) is 4.64. The fourth-order valence-electron chi connectivity index (χ4n) is 1.73. The molecule has 0 amide bonds. The topological polar surface area (TPSA) is 46.2 Å². The molecule has 1 fully saturated rings. The lowest BCUT2D eigenvalue weighted by Crippen LogP contribution is -2.26. The lowest BCUT2D eigenvalue weighted by molar-refractivity contribution is 0.250. The summed E-state index contributed by atoms with van der Waals surface area (Å²) in [5.74, 6) is 2.14. The van der Waals surface area contributed by atoms with Gasteiger partial charge >= 0.3 is 0 Å². The molecule has 4 unspecified atom stereocenters. The minimum absolute atomic E-state index is 0.306. The van der Waals surface area contributed by atoms with E-state index in [0.29, 0.717) is 24.5 Å². The molecular weight excluding hydrogens is 182 g/mol. The molecular formula is C10H21NOS. The molecule has 4 atom stereocenters. The summed E-state index contributed by atoms with van der Waals surface area (Å²) in [6, 6.07) is 0.405. The molecule has 0 heterocycles. The van der Waals surface area contributed by atoms with Crippen molar-refractivity contribution in [2.75, 3.05) is 12.4 Å². The Hall–Kier alpha value is 0.270. The second-order valence-corrected chi connectivity index (χ2v) is 5.53. The van der Waals surface area contributed by atoms with Gasteiger partial charge in [0.1, 0.15) is 0 Å². The van der Waals surface area contributed by atoms with Gasteiger partial charge in [-0.25, -0.2) is 0 Å². The lowest BCUT2D eigenvalue weighted by Gasteiger charge is -2.18. The zero-order chi connectivity index (χ0) is 9.84. The van der Waals surface area contributed by atoms with Crippen LogP contribution in [0.3, 0.4) is 0 Å². The molecule has 0 radical (unpaired) electrons. The Morgan fingerprint density at radius 1 is 1.54 bits per heavy atom. The first kappa shape index (κ1) is 11.3.